The molecule has 0 saturated heterocycles. The Kier molecular flexibility index (Phi) is 7.90. The Morgan fingerprint density at radius 1 is 1.44 bits per heavy atom. The van der Waals surface area contributed by atoms with Gasteiger partial charge in [0.05, 0.1) is 0 Å². The van der Waals surface area contributed by atoms with Crippen molar-refractivity contribution in [3.63, 3.8) is 0 Å². The molecule has 2 atom stereocenters. The highest BCUT2D eigenvalue weighted by molar-refractivity contribution is 5.68. The summed E-state index contributed by atoms with van der Waals surface area (Å²) >= 11 is 0. The van der Waals surface area contributed by atoms with Crippen LogP contribution in [0.25, 0.3) is 0 Å². The smallest absolute Gasteiger partial charge is 0.407 e. The molecule has 0 aliphatic heterocycles. The molecule has 0 aromatic rings. The van der Waals surface area contributed by atoms with Gasteiger partial charge in [-0.3, -0.25) is 0 Å². The van der Waals surface area contributed by atoms with Gasteiger partial charge in [0.1, 0.15) is 5.60 Å². The zero-order chi connectivity index (χ0) is 14.2. The van der Waals surface area contributed by atoms with Gasteiger partial charge in [0.15, 0.2) is 0 Å². The first kappa shape index (κ1) is 17.2. The van der Waals surface area contributed by atoms with E-state index < -0.39 is 11.7 Å². The van der Waals surface area contributed by atoms with Crippen LogP contribution < -0.4 is 16.4 Å². The van der Waals surface area contributed by atoms with Gasteiger partial charge in [0, 0.05) is 25.2 Å². The van der Waals surface area contributed by atoms with Crippen molar-refractivity contribution in [3.8, 4) is 0 Å². The lowest BCUT2D eigenvalue weighted by Crippen LogP contribution is -2.53. The van der Waals surface area contributed by atoms with Gasteiger partial charge in [0.2, 0.25) is 0 Å². The fourth-order valence-corrected chi connectivity index (χ4v) is 1.42. The van der Waals surface area contributed by atoms with Gasteiger partial charge in [-0.1, -0.05) is 0 Å². The second kappa shape index (κ2) is 8.29. The predicted molar refractivity (Wildman–Crippen MR) is 71.4 cm³/mol. The monoisotopic (exact) mass is 261 g/mol. The number of carbonyl (C=O) groups is 1. The summed E-state index contributed by atoms with van der Waals surface area (Å²) in [5, 5.41) is 14.6. The minimum absolute atomic E-state index is 0.0379. The first-order valence-corrected chi connectivity index (χ1v) is 6.34. The highest BCUT2D eigenvalue weighted by Gasteiger charge is 2.21. The molecule has 2 unspecified atom stereocenters. The lowest BCUT2D eigenvalue weighted by molar-refractivity contribution is 0.0498. The minimum atomic E-state index is -0.508. The summed E-state index contributed by atoms with van der Waals surface area (Å²) in [6.45, 7) is 8.53. The summed E-state index contributed by atoms with van der Waals surface area (Å²) in [5.41, 5.74) is 5.13. The van der Waals surface area contributed by atoms with Crippen LogP contribution in [0.1, 0.15) is 34.1 Å². The number of aliphatic hydroxyl groups is 1. The van der Waals surface area contributed by atoms with E-state index in [1.54, 1.807) is 0 Å². The van der Waals surface area contributed by atoms with E-state index in [1.165, 1.54) is 0 Å². The van der Waals surface area contributed by atoms with E-state index in [-0.39, 0.29) is 18.7 Å². The van der Waals surface area contributed by atoms with Crippen LogP contribution in [0.4, 0.5) is 4.79 Å². The molecule has 0 aliphatic rings. The van der Waals surface area contributed by atoms with Gasteiger partial charge < -0.3 is 26.2 Å². The number of ether oxygens (including phenoxy) is 1. The highest BCUT2D eigenvalue weighted by atomic mass is 16.6. The Balaban J connectivity index is 4.09. The van der Waals surface area contributed by atoms with Gasteiger partial charge in [-0.25, -0.2) is 4.79 Å². The average Bonchev–Trinajstić information content (AvgIpc) is 2.21. The molecule has 0 fully saturated rings. The molecule has 0 rings (SSSR count). The lowest BCUT2D eigenvalue weighted by Gasteiger charge is -2.27. The Bertz CT molecular complexity index is 241. The molecule has 0 spiro atoms. The number of amides is 1. The van der Waals surface area contributed by atoms with E-state index in [1.807, 2.05) is 27.7 Å². The molecule has 0 saturated carbocycles. The van der Waals surface area contributed by atoms with Crippen molar-refractivity contribution in [1.29, 1.82) is 0 Å². The lowest BCUT2D eigenvalue weighted by atomic mass is 10.1. The van der Waals surface area contributed by atoms with Crippen molar-refractivity contribution in [2.45, 2.75) is 51.8 Å². The molecule has 18 heavy (non-hydrogen) atoms. The second-order valence-corrected chi connectivity index (χ2v) is 5.31. The summed E-state index contributed by atoms with van der Waals surface area (Å²) in [6.07, 6.45) is 0.216. The van der Waals surface area contributed by atoms with Gasteiger partial charge in [-0.2, -0.15) is 0 Å². The molecule has 0 bridgehead atoms. The quantitative estimate of drug-likeness (QED) is 0.491. The van der Waals surface area contributed by atoms with Gasteiger partial charge >= 0.3 is 6.09 Å². The molecule has 6 heteroatoms. The fraction of sp³-hybridized carbons (Fsp3) is 0.917. The van der Waals surface area contributed by atoms with Crippen LogP contribution in [0.5, 0.6) is 0 Å². The summed E-state index contributed by atoms with van der Waals surface area (Å²) in [5.74, 6) is 0. The zero-order valence-corrected chi connectivity index (χ0v) is 11.8. The number of rotatable bonds is 7. The number of alkyl carbamates (subject to hydrolysis) is 1. The summed E-state index contributed by atoms with van der Waals surface area (Å²) in [6, 6.07) is -0.174. The van der Waals surface area contributed by atoms with Crippen LogP contribution in [0.3, 0.4) is 0 Å². The summed E-state index contributed by atoms with van der Waals surface area (Å²) in [4.78, 5) is 11.6. The maximum absolute atomic E-state index is 11.6. The van der Waals surface area contributed by atoms with Crippen molar-refractivity contribution >= 4 is 6.09 Å². The van der Waals surface area contributed by atoms with Crippen molar-refractivity contribution < 1.29 is 14.6 Å². The first-order chi connectivity index (χ1) is 8.30. The fourth-order valence-electron chi connectivity index (χ4n) is 1.42. The van der Waals surface area contributed by atoms with Crippen LogP contribution in [0.15, 0.2) is 0 Å². The molecule has 1 amide bonds. The van der Waals surface area contributed by atoms with Crippen molar-refractivity contribution in [2.75, 3.05) is 19.7 Å². The van der Waals surface area contributed by atoms with Crippen molar-refractivity contribution in [1.82, 2.24) is 10.6 Å². The van der Waals surface area contributed by atoms with Gasteiger partial charge in [-0.15, -0.1) is 0 Å². The van der Waals surface area contributed by atoms with E-state index in [0.29, 0.717) is 19.5 Å². The van der Waals surface area contributed by atoms with E-state index in [4.69, 9.17) is 15.6 Å². The third-order valence-corrected chi connectivity index (χ3v) is 2.34. The van der Waals surface area contributed by atoms with Crippen LogP contribution >= 0.6 is 0 Å². The molecule has 0 aromatic carbocycles. The van der Waals surface area contributed by atoms with Gasteiger partial charge in [-0.05, 0) is 40.7 Å². The van der Waals surface area contributed by atoms with Crippen LogP contribution in [0.2, 0.25) is 0 Å². The molecule has 108 valence electrons. The summed E-state index contributed by atoms with van der Waals surface area (Å²) in [7, 11) is 0. The number of carbonyl (C=O) groups excluding carboxylic acids is 1. The molecule has 0 heterocycles. The molecule has 0 aliphatic carbocycles. The van der Waals surface area contributed by atoms with Crippen LogP contribution in [-0.2, 0) is 4.74 Å². The third-order valence-electron chi connectivity index (χ3n) is 2.34. The largest absolute Gasteiger partial charge is 0.444 e. The highest BCUT2D eigenvalue weighted by Crippen LogP contribution is 2.07. The Morgan fingerprint density at radius 2 is 2.06 bits per heavy atom. The molecule has 0 radical (unpaired) electrons. The molecule has 6 nitrogen and oxygen atoms in total. The molecular weight excluding hydrogens is 234 g/mol. The average molecular weight is 261 g/mol. The molecule has 5 N–H and O–H groups in total. The Morgan fingerprint density at radius 3 is 2.50 bits per heavy atom. The molecule has 0 aromatic heterocycles. The number of aliphatic hydroxyl groups excluding tert-OH is 1. The minimum Gasteiger partial charge on any atom is -0.444 e. The second-order valence-electron chi connectivity index (χ2n) is 5.31. The van der Waals surface area contributed by atoms with Crippen LogP contribution in [-0.4, -0.2) is 48.6 Å². The van der Waals surface area contributed by atoms with Crippen molar-refractivity contribution in [3.05, 3.63) is 0 Å². The first-order valence-electron chi connectivity index (χ1n) is 6.34. The van der Waals surface area contributed by atoms with E-state index in [2.05, 4.69) is 10.6 Å². The number of hydrogen-bond donors (Lipinski definition) is 4. The number of nitrogens with two attached hydrogens (primary N) is 1. The SMILES string of the molecule is CC(NC(=O)OC(C)(C)C)C(CN)NCCCO. The topological polar surface area (TPSA) is 96.6 Å². The summed E-state index contributed by atoms with van der Waals surface area (Å²) < 4.78 is 5.17. The van der Waals surface area contributed by atoms with Crippen LogP contribution in [0, 0.1) is 0 Å². The Labute approximate surface area is 109 Å². The Hall–Kier alpha value is -0.850. The maximum Gasteiger partial charge on any atom is 0.407 e. The third kappa shape index (κ3) is 8.27. The standard InChI is InChI=1S/C12H27N3O3/c1-9(10(8-13)14-6-5-7-16)15-11(17)18-12(2,3)4/h9-10,14,16H,5-8,13H2,1-4H3,(H,15,17). The molecular formula is C12H27N3O3. The normalized spacial score (nSPS) is 15.0. The van der Waals surface area contributed by atoms with Gasteiger partial charge in [0.25, 0.3) is 0 Å². The number of hydrogen-bond acceptors (Lipinski definition) is 5. The van der Waals surface area contributed by atoms with E-state index >= 15 is 0 Å². The predicted octanol–water partition coefficient (Wildman–Crippen LogP) is 0.199. The van der Waals surface area contributed by atoms with Crippen molar-refractivity contribution in [2.24, 2.45) is 5.73 Å². The zero-order valence-electron chi connectivity index (χ0n) is 11.8. The number of nitrogens with one attached hydrogen (secondary N) is 2. The van der Waals surface area contributed by atoms with E-state index in [0.717, 1.165) is 0 Å². The van der Waals surface area contributed by atoms with E-state index in [9.17, 15) is 4.79 Å². The maximum atomic E-state index is 11.6.